The summed E-state index contributed by atoms with van der Waals surface area (Å²) in [6, 6.07) is 3.97. The van der Waals surface area contributed by atoms with Crippen molar-refractivity contribution in [3.63, 3.8) is 0 Å². The molecule has 16 heavy (non-hydrogen) atoms. The van der Waals surface area contributed by atoms with Crippen LogP contribution in [0.25, 0.3) is 0 Å². The molecule has 1 fully saturated rings. The molecule has 0 aliphatic heterocycles. The van der Waals surface area contributed by atoms with Crippen LogP contribution in [0.3, 0.4) is 0 Å². The molecule has 1 saturated carbocycles. The topological polar surface area (TPSA) is 20.2 Å². The van der Waals surface area contributed by atoms with Gasteiger partial charge in [0.2, 0.25) is 0 Å². The van der Waals surface area contributed by atoms with Crippen molar-refractivity contribution >= 4 is 11.8 Å². The number of fused-ring (bicyclic) bond motifs is 3. The van der Waals surface area contributed by atoms with Gasteiger partial charge in [0.25, 0.3) is 0 Å². The summed E-state index contributed by atoms with van der Waals surface area (Å²) in [5, 5.41) is 10.5. The minimum absolute atomic E-state index is 0.454. The summed E-state index contributed by atoms with van der Waals surface area (Å²) >= 11 is 1.98. The van der Waals surface area contributed by atoms with E-state index >= 15 is 0 Å². The zero-order valence-corrected chi connectivity index (χ0v) is 10.8. The van der Waals surface area contributed by atoms with Crippen LogP contribution in [0.1, 0.15) is 54.0 Å². The summed E-state index contributed by atoms with van der Waals surface area (Å²) in [6.45, 7) is 4.44. The molecule has 0 aromatic heterocycles. The highest BCUT2D eigenvalue weighted by molar-refractivity contribution is 7.98. The molecule has 3 atom stereocenters. The fraction of sp³-hybridized carbons (Fsp3) is 0.571. The Morgan fingerprint density at radius 3 is 2.75 bits per heavy atom. The predicted octanol–water partition coefficient (Wildman–Crippen LogP) is 4.04. The van der Waals surface area contributed by atoms with Gasteiger partial charge in [-0.05, 0) is 59.3 Å². The largest absolute Gasteiger partial charge is 0.508 e. The third-order valence-corrected chi connectivity index (χ3v) is 5.11. The molecule has 0 amide bonds. The second kappa shape index (κ2) is 3.43. The van der Waals surface area contributed by atoms with Crippen LogP contribution in [0, 0.1) is 5.92 Å². The van der Waals surface area contributed by atoms with Crippen molar-refractivity contribution in [2.24, 2.45) is 5.92 Å². The summed E-state index contributed by atoms with van der Waals surface area (Å²) in [4.78, 5) is 0. The summed E-state index contributed by atoms with van der Waals surface area (Å²) in [5.74, 6) is 2.56. The van der Waals surface area contributed by atoms with Gasteiger partial charge in [-0.1, -0.05) is 13.8 Å². The molecule has 0 bridgehead atoms. The zero-order valence-electron chi connectivity index (χ0n) is 10.0. The Kier molecular flexibility index (Phi) is 2.25. The zero-order chi connectivity index (χ0) is 11.4. The second-order valence-corrected chi connectivity index (χ2v) is 6.33. The molecule has 3 rings (SSSR count). The van der Waals surface area contributed by atoms with Gasteiger partial charge in [-0.25, -0.2) is 0 Å². The van der Waals surface area contributed by atoms with Crippen molar-refractivity contribution in [1.82, 2.24) is 0 Å². The summed E-state index contributed by atoms with van der Waals surface area (Å²) in [6.07, 6.45) is 3.55. The van der Waals surface area contributed by atoms with E-state index in [0.717, 1.165) is 11.8 Å². The van der Waals surface area contributed by atoms with Gasteiger partial charge in [0.05, 0.1) is 0 Å². The van der Waals surface area contributed by atoms with Gasteiger partial charge < -0.3 is 5.11 Å². The molecule has 0 radical (unpaired) electrons. The van der Waals surface area contributed by atoms with E-state index in [4.69, 9.17) is 0 Å². The van der Waals surface area contributed by atoms with Crippen molar-refractivity contribution in [1.29, 1.82) is 0 Å². The van der Waals surface area contributed by atoms with Crippen molar-refractivity contribution in [3.05, 3.63) is 28.8 Å². The predicted molar refractivity (Wildman–Crippen MR) is 69.3 cm³/mol. The van der Waals surface area contributed by atoms with E-state index in [1.165, 1.54) is 17.5 Å². The van der Waals surface area contributed by atoms with Gasteiger partial charge in [-0.2, -0.15) is 11.8 Å². The maximum Gasteiger partial charge on any atom is 0.116 e. The fourth-order valence-electron chi connectivity index (χ4n) is 3.21. The maximum absolute atomic E-state index is 9.81. The minimum atomic E-state index is 0.454. The number of phenols is 1. The molecule has 1 aromatic carbocycles. The molecule has 0 heterocycles. The maximum atomic E-state index is 9.81. The van der Waals surface area contributed by atoms with Crippen LogP contribution in [0.5, 0.6) is 5.75 Å². The Balaban J connectivity index is 2.18. The number of hydrogen-bond donors (Lipinski definition) is 1. The Morgan fingerprint density at radius 2 is 2.12 bits per heavy atom. The van der Waals surface area contributed by atoms with Crippen LogP contribution in [0.2, 0.25) is 0 Å². The van der Waals surface area contributed by atoms with Crippen LogP contribution in [-0.4, -0.2) is 11.4 Å². The van der Waals surface area contributed by atoms with Crippen LogP contribution in [0.15, 0.2) is 12.1 Å². The average Bonchev–Trinajstić information content (AvgIpc) is 2.95. The standard InChI is InChI=1S/C14H18OS/c1-7(2)9-4-8(15)5-11-10-6-12(10)14(16-3)13(9)11/h4-5,7,10,12,14-15H,6H2,1-3H3. The monoisotopic (exact) mass is 234 g/mol. The number of aromatic hydroxyl groups is 1. The highest BCUT2D eigenvalue weighted by Gasteiger charge is 2.52. The van der Waals surface area contributed by atoms with E-state index in [1.807, 2.05) is 23.9 Å². The first kappa shape index (κ1) is 10.5. The minimum Gasteiger partial charge on any atom is -0.508 e. The Hall–Kier alpha value is -0.630. The van der Waals surface area contributed by atoms with Crippen molar-refractivity contribution in [2.45, 2.75) is 37.4 Å². The average molecular weight is 234 g/mol. The van der Waals surface area contributed by atoms with Gasteiger partial charge >= 0.3 is 0 Å². The molecule has 2 heteroatoms. The van der Waals surface area contributed by atoms with Gasteiger partial charge in [0.15, 0.2) is 0 Å². The Labute approximate surface area is 101 Å². The van der Waals surface area contributed by atoms with Gasteiger partial charge in [0.1, 0.15) is 5.75 Å². The van der Waals surface area contributed by atoms with Crippen LogP contribution < -0.4 is 0 Å². The van der Waals surface area contributed by atoms with Crippen molar-refractivity contribution < 1.29 is 5.11 Å². The summed E-state index contributed by atoms with van der Waals surface area (Å²) in [5.41, 5.74) is 4.34. The van der Waals surface area contributed by atoms with Crippen LogP contribution >= 0.6 is 11.8 Å². The third kappa shape index (κ3) is 1.32. The van der Waals surface area contributed by atoms with E-state index in [1.54, 1.807) is 5.56 Å². The van der Waals surface area contributed by atoms with Crippen LogP contribution in [-0.2, 0) is 0 Å². The molecule has 1 nitrogen and oxygen atoms in total. The molecule has 3 unspecified atom stereocenters. The van der Waals surface area contributed by atoms with Gasteiger partial charge in [-0.3, -0.25) is 0 Å². The summed E-state index contributed by atoms with van der Waals surface area (Å²) < 4.78 is 0. The lowest BCUT2D eigenvalue weighted by Gasteiger charge is -2.20. The SMILES string of the molecule is CSC1c2c(C(C)C)cc(O)cc2C2CC21. The first-order valence-corrected chi connectivity index (χ1v) is 7.31. The smallest absolute Gasteiger partial charge is 0.116 e. The molecule has 2 aliphatic carbocycles. The number of phenolic OH excluding ortho intramolecular Hbond substituents is 1. The highest BCUT2D eigenvalue weighted by atomic mass is 32.2. The molecule has 86 valence electrons. The van der Waals surface area contributed by atoms with Gasteiger partial charge in [-0.15, -0.1) is 0 Å². The Bertz CT molecular complexity index is 439. The lowest BCUT2D eigenvalue weighted by atomic mass is 9.92. The van der Waals surface area contributed by atoms with E-state index in [0.29, 0.717) is 16.9 Å². The van der Waals surface area contributed by atoms with Crippen molar-refractivity contribution in [2.75, 3.05) is 6.26 Å². The summed E-state index contributed by atoms with van der Waals surface area (Å²) in [7, 11) is 0. The molecule has 0 spiro atoms. The van der Waals surface area contributed by atoms with E-state index in [9.17, 15) is 5.11 Å². The van der Waals surface area contributed by atoms with E-state index in [2.05, 4.69) is 20.1 Å². The van der Waals surface area contributed by atoms with Gasteiger partial charge in [0, 0.05) is 5.25 Å². The first-order chi connectivity index (χ1) is 7.63. The number of thioether (sulfide) groups is 1. The van der Waals surface area contributed by atoms with E-state index in [-0.39, 0.29) is 0 Å². The molecule has 1 aromatic rings. The lowest BCUT2D eigenvalue weighted by Crippen LogP contribution is -2.01. The number of hydrogen-bond acceptors (Lipinski definition) is 2. The lowest BCUT2D eigenvalue weighted by molar-refractivity contribution is 0.473. The van der Waals surface area contributed by atoms with Crippen LogP contribution in [0.4, 0.5) is 0 Å². The molecular formula is C14H18OS. The third-order valence-electron chi connectivity index (χ3n) is 4.02. The number of benzene rings is 1. The molecule has 1 N–H and O–H groups in total. The first-order valence-electron chi connectivity index (χ1n) is 6.03. The molecular weight excluding hydrogens is 216 g/mol. The molecule has 2 aliphatic rings. The van der Waals surface area contributed by atoms with Crippen molar-refractivity contribution in [3.8, 4) is 5.75 Å². The highest BCUT2D eigenvalue weighted by Crippen LogP contribution is 2.67. The Morgan fingerprint density at radius 1 is 1.38 bits per heavy atom. The normalized spacial score (nSPS) is 30.4. The molecule has 0 saturated heterocycles. The number of rotatable bonds is 2. The second-order valence-electron chi connectivity index (χ2n) is 5.35. The fourth-order valence-corrected chi connectivity index (χ4v) is 4.37. The van der Waals surface area contributed by atoms with E-state index < -0.39 is 0 Å². The quantitative estimate of drug-likeness (QED) is 0.833.